The van der Waals surface area contributed by atoms with Crippen molar-refractivity contribution in [2.45, 2.75) is 31.7 Å². The summed E-state index contributed by atoms with van der Waals surface area (Å²) in [5.41, 5.74) is 1.18. The summed E-state index contributed by atoms with van der Waals surface area (Å²) in [4.78, 5) is 16.7. The summed E-state index contributed by atoms with van der Waals surface area (Å²) in [7, 11) is 0. The Kier molecular flexibility index (Phi) is 3.94. The number of rotatable bonds is 4. The Morgan fingerprint density at radius 1 is 1.08 bits per heavy atom. The summed E-state index contributed by atoms with van der Waals surface area (Å²) in [6, 6.07) is 9.41. The van der Waals surface area contributed by atoms with Gasteiger partial charge in [0.1, 0.15) is 5.82 Å². The fourth-order valence-electron chi connectivity index (χ4n) is 3.07. The van der Waals surface area contributed by atoms with Gasteiger partial charge in [0, 0.05) is 11.6 Å². The second-order valence-corrected chi connectivity index (χ2v) is 6.08. The Balaban J connectivity index is 1.40. The van der Waals surface area contributed by atoms with Gasteiger partial charge < -0.3 is 20.1 Å². The molecule has 2 N–H and O–H groups in total. The Hall–Kier alpha value is -2.76. The third-order valence-corrected chi connectivity index (χ3v) is 4.36. The molecule has 2 heterocycles. The van der Waals surface area contributed by atoms with Crippen LogP contribution in [0.2, 0.25) is 0 Å². The van der Waals surface area contributed by atoms with Crippen LogP contribution >= 0.6 is 0 Å². The molecule has 2 aliphatic rings. The third-order valence-electron chi connectivity index (χ3n) is 4.36. The number of amides is 1. The maximum absolute atomic E-state index is 12.3. The quantitative estimate of drug-likeness (QED) is 0.901. The highest BCUT2D eigenvalue weighted by Crippen LogP contribution is 2.32. The zero-order valence-electron chi connectivity index (χ0n) is 13.2. The first-order valence-corrected chi connectivity index (χ1v) is 8.21. The van der Waals surface area contributed by atoms with E-state index in [1.165, 1.54) is 25.7 Å². The number of carbonyl (C=O) groups is 1. The largest absolute Gasteiger partial charge is 0.454 e. The molecule has 124 valence electrons. The number of aromatic nitrogens is 1. The molecular weight excluding hydrogens is 306 g/mol. The zero-order valence-corrected chi connectivity index (χ0v) is 13.2. The van der Waals surface area contributed by atoms with Gasteiger partial charge in [0.2, 0.25) is 6.79 Å². The highest BCUT2D eigenvalue weighted by Gasteiger charge is 2.17. The van der Waals surface area contributed by atoms with Crippen molar-refractivity contribution in [2.24, 2.45) is 0 Å². The van der Waals surface area contributed by atoms with Crippen LogP contribution in [0.1, 0.15) is 36.0 Å². The normalized spacial score (nSPS) is 16.2. The number of hydrogen-bond acceptors (Lipinski definition) is 5. The molecule has 1 aromatic heterocycles. The van der Waals surface area contributed by atoms with Gasteiger partial charge in [-0.15, -0.1) is 0 Å². The number of nitrogens with zero attached hydrogens (tertiary/aromatic N) is 1. The van der Waals surface area contributed by atoms with Gasteiger partial charge in [-0.05, 0) is 43.2 Å². The molecule has 1 aliphatic carbocycles. The average Bonchev–Trinajstić information content (AvgIpc) is 3.27. The molecule has 0 radical (unpaired) electrons. The van der Waals surface area contributed by atoms with Gasteiger partial charge in [-0.3, -0.25) is 4.79 Å². The van der Waals surface area contributed by atoms with Gasteiger partial charge in [0.05, 0.1) is 11.9 Å². The molecule has 2 aromatic rings. The molecular formula is C18H19N3O3. The minimum Gasteiger partial charge on any atom is -0.454 e. The predicted molar refractivity (Wildman–Crippen MR) is 90.6 cm³/mol. The number of anilines is 2. The third kappa shape index (κ3) is 3.13. The molecule has 6 heteroatoms. The van der Waals surface area contributed by atoms with E-state index in [1.54, 1.807) is 24.4 Å². The monoisotopic (exact) mass is 325 g/mol. The first-order chi connectivity index (χ1) is 11.8. The first kappa shape index (κ1) is 14.8. The Morgan fingerprint density at radius 3 is 2.71 bits per heavy atom. The second kappa shape index (κ2) is 6.39. The van der Waals surface area contributed by atoms with Crippen molar-refractivity contribution < 1.29 is 14.3 Å². The van der Waals surface area contributed by atoms with Crippen LogP contribution in [-0.4, -0.2) is 23.7 Å². The van der Waals surface area contributed by atoms with Gasteiger partial charge in [-0.1, -0.05) is 12.8 Å². The van der Waals surface area contributed by atoms with Crippen molar-refractivity contribution >= 4 is 17.4 Å². The predicted octanol–water partition coefficient (Wildman–Crippen LogP) is 3.42. The number of pyridine rings is 1. The first-order valence-electron chi connectivity index (χ1n) is 8.21. The molecule has 1 aromatic carbocycles. The standard InChI is InChI=1S/C18H19N3O3/c22-18(12-5-7-15-16(9-12)24-11-23-15)21-14-6-8-17(19-10-14)20-13-3-1-2-4-13/h5-10,13H,1-4,11H2,(H,19,20)(H,21,22). The van der Waals surface area contributed by atoms with Crippen LogP contribution in [-0.2, 0) is 0 Å². The van der Waals surface area contributed by atoms with Gasteiger partial charge in [0.25, 0.3) is 5.91 Å². The molecule has 1 fully saturated rings. The molecule has 0 saturated heterocycles. The van der Waals surface area contributed by atoms with Crippen LogP contribution in [0.4, 0.5) is 11.5 Å². The molecule has 1 aliphatic heterocycles. The summed E-state index contributed by atoms with van der Waals surface area (Å²) < 4.78 is 10.5. The highest BCUT2D eigenvalue weighted by molar-refractivity contribution is 6.04. The van der Waals surface area contributed by atoms with E-state index in [9.17, 15) is 4.79 Å². The summed E-state index contributed by atoms with van der Waals surface area (Å²) in [6.07, 6.45) is 6.62. The van der Waals surface area contributed by atoms with Gasteiger partial charge >= 0.3 is 0 Å². The van der Waals surface area contributed by atoms with Crippen molar-refractivity contribution in [2.75, 3.05) is 17.4 Å². The number of fused-ring (bicyclic) bond motifs is 1. The minimum absolute atomic E-state index is 0.194. The molecule has 24 heavy (non-hydrogen) atoms. The minimum atomic E-state index is -0.202. The molecule has 0 spiro atoms. The van der Waals surface area contributed by atoms with Crippen molar-refractivity contribution in [3.05, 3.63) is 42.1 Å². The van der Waals surface area contributed by atoms with E-state index in [1.807, 2.05) is 12.1 Å². The van der Waals surface area contributed by atoms with Crippen molar-refractivity contribution in [3.8, 4) is 11.5 Å². The average molecular weight is 325 g/mol. The molecule has 1 saturated carbocycles. The summed E-state index contributed by atoms with van der Waals surface area (Å²) >= 11 is 0. The smallest absolute Gasteiger partial charge is 0.255 e. The summed E-state index contributed by atoms with van der Waals surface area (Å²) in [6.45, 7) is 0.194. The van der Waals surface area contributed by atoms with Crippen molar-refractivity contribution in [1.82, 2.24) is 4.98 Å². The van der Waals surface area contributed by atoms with E-state index in [-0.39, 0.29) is 12.7 Å². The fourth-order valence-corrected chi connectivity index (χ4v) is 3.07. The number of ether oxygens (including phenoxy) is 2. The summed E-state index contributed by atoms with van der Waals surface area (Å²) in [5, 5.41) is 6.27. The lowest BCUT2D eigenvalue weighted by Crippen LogP contribution is -2.16. The van der Waals surface area contributed by atoms with Crippen LogP contribution in [0, 0.1) is 0 Å². The molecule has 4 rings (SSSR count). The maximum atomic E-state index is 12.3. The Bertz CT molecular complexity index is 740. The van der Waals surface area contributed by atoms with Crippen LogP contribution < -0.4 is 20.1 Å². The lowest BCUT2D eigenvalue weighted by Gasteiger charge is -2.13. The van der Waals surface area contributed by atoms with E-state index >= 15 is 0 Å². The number of carbonyl (C=O) groups excluding carboxylic acids is 1. The lowest BCUT2D eigenvalue weighted by molar-refractivity contribution is 0.102. The van der Waals surface area contributed by atoms with Crippen LogP contribution in [0.3, 0.4) is 0 Å². The van der Waals surface area contributed by atoms with Crippen molar-refractivity contribution in [1.29, 1.82) is 0 Å². The Morgan fingerprint density at radius 2 is 1.92 bits per heavy atom. The van der Waals surface area contributed by atoms with Gasteiger partial charge in [-0.25, -0.2) is 4.98 Å². The van der Waals surface area contributed by atoms with Crippen LogP contribution in [0.25, 0.3) is 0 Å². The lowest BCUT2D eigenvalue weighted by atomic mass is 10.2. The van der Waals surface area contributed by atoms with E-state index in [4.69, 9.17) is 9.47 Å². The zero-order chi connectivity index (χ0) is 16.4. The molecule has 0 unspecified atom stereocenters. The Labute approximate surface area is 140 Å². The number of hydrogen-bond donors (Lipinski definition) is 2. The maximum Gasteiger partial charge on any atom is 0.255 e. The second-order valence-electron chi connectivity index (χ2n) is 6.08. The molecule has 0 atom stereocenters. The van der Waals surface area contributed by atoms with Crippen molar-refractivity contribution in [3.63, 3.8) is 0 Å². The molecule has 1 amide bonds. The van der Waals surface area contributed by atoms with Gasteiger partial charge in [-0.2, -0.15) is 0 Å². The molecule has 6 nitrogen and oxygen atoms in total. The van der Waals surface area contributed by atoms with E-state index in [2.05, 4.69) is 15.6 Å². The number of benzene rings is 1. The van der Waals surface area contributed by atoms with E-state index in [0.717, 1.165) is 5.82 Å². The van der Waals surface area contributed by atoms with Crippen LogP contribution in [0.15, 0.2) is 36.5 Å². The van der Waals surface area contributed by atoms with E-state index < -0.39 is 0 Å². The van der Waals surface area contributed by atoms with Gasteiger partial charge in [0.15, 0.2) is 11.5 Å². The number of nitrogens with one attached hydrogen (secondary N) is 2. The topological polar surface area (TPSA) is 72.5 Å². The fraction of sp³-hybridized carbons (Fsp3) is 0.333. The van der Waals surface area contributed by atoms with Crippen LogP contribution in [0.5, 0.6) is 11.5 Å². The highest BCUT2D eigenvalue weighted by atomic mass is 16.7. The SMILES string of the molecule is O=C(Nc1ccc(NC2CCCC2)nc1)c1ccc2c(c1)OCO2. The summed E-state index contributed by atoms with van der Waals surface area (Å²) in [5.74, 6) is 1.90. The molecule has 0 bridgehead atoms. The van der Waals surface area contributed by atoms with E-state index in [0.29, 0.717) is 28.8 Å².